The molecule has 26 heavy (non-hydrogen) atoms. The zero-order valence-corrected chi connectivity index (χ0v) is 15.5. The zero-order valence-electron chi connectivity index (χ0n) is 15.5. The molecule has 1 aliphatic rings. The molecule has 0 spiro atoms. The zero-order chi connectivity index (χ0) is 18.5. The minimum atomic E-state index is -0.0566. The van der Waals surface area contributed by atoms with Gasteiger partial charge in [0.1, 0.15) is 23.6 Å². The third-order valence-corrected chi connectivity index (χ3v) is 4.32. The predicted molar refractivity (Wildman–Crippen MR) is 102 cm³/mol. The summed E-state index contributed by atoms with van der Waals surface area (Å²) < 4.78 is 5.44. The number of carbonyl (C=O) groups is 1. The van der Waals surface area contributed by atoms with E-state index < -0.39 is 0 Å². The van der Waals surface area contributed by atoms with Gasteiger partial charge >= 0.3 is 0 Å². The van der Waals surface area contributed by atoms with Gasteiger partial charge in [-0.05, 0) is 26.0 Å². The van der Waals surface area contributed by atoms with Gasteiger partial charge in [-0.2, -0.15) is 0 Å². The van der Waals surface area contributed by atoms with Crippen molar-refractivity contribution in [1.29, 1.82) is 0 Å². The summed E-state index contributed by atoms with van der Waals surface area (Å²) in [4.78, 5) is 25.2. The minimum absolute atomic E-state index is 0.0566. The summed E-state index contributed by atoms with van der Waals surface area (Å²) in [6, 6.07) is 9.92. The summed E-state index contributed by atoms with van der Waals surface area (Å²) >= 11 is 0. The van der Waals surface area contributed by atoms with E-state index in [4.69, 9.17) is 4.74 Å². The second-order valence-corrected chi connectivity index (χ2v) is 6.54. The van der Waals surface area contributed by atoms with Gasteiger partial charge in [-0.3, -0.25) is 4.79 Å². The van der Waals surface area contributed by atoms with Crippen molar-refractivity contribution in [2.75, 3.05) is 43.5 Å². The molecule has 1 aromatic carbocycles. The van der Waals surface area contributed by atoms with Gasteiger partial charge in [0.2, 0.25) is 0 Å². The van der Waals surface area contributed by atoms with Crippen molar-refractivity contribution < 1.29 is 9.53 Å². The fraction of sp³-hybridized carbons (Fsp3) is 0.421. The summed E-state index contributed by atoms with van der Waals surface area (Å²) in [7, 11) is 1.68. The van der Waals surface area contributed by atoms with Gasteiger partial charge in [-0.15, -0.1) is 0 Å². The Morgan fingerprint density at radius 1 is 1.15 bits per heavy atom. The van der Waals surface area contributed by atoms with Crippen molar-refractivity contribution in [3.63, 3.8) is 0 Å². The number of methoxy groups -OCH3 is 1. The van der Waals surface area contributed by atoms with Gasteiger partial charge in [-0.1, -0.05) is 12.1 Å². The van der Waals surface area contributed by atoms with E-state index in [0.29, 0.717) is 24.6 Å². The second kappa shape index (κ2) is 8.03. The number of anilines is 2. The third-order valence-electron chi connectivity index (χ3n) is 4.32. The number of benzene rings is 1. The van der Waals surface area contributed by atoms with Gasteiger partial charge < -0.3 is 19.9 Å². The monoisotopic (exact) mass is 355 g/mol. The molecule has 1 amide bonds. The number of hydrogen-bond donors (Lipinski definition) is 1. The lowest BCUT2D eigenvalue weighted by Crippen LogP contribution is -2.49. The van der Waals surface area contributed by atoms with Gasteiger partial charge in [-0.25, -0.2) is 9.97 Å². The molecular formula is C19H25N5O2. The Hall–Kier alpha value is -2.83. The molecule has 1 N–H and O–H groups in total. The number of carbonyl (C=O) groups excluding carboxylic acids is 1. The first-order chi connectivity index (χ1) is 12.6. The van der Waals surface area contributed by atoms with Crippen molar-refractivity contribution in [2.45, 2.75) is 19.9 Å². The Morgan fingerprint density at radius 3 is 2.58 bits per heavy atom. The van der Waals surface area contributed by atoms with Gasteiger partial charge in [0, 0.05) is 38.3 Å². The van der Waals surface area contributed by atoms with Gasteiger partial charge in [0.25, 0.3) is 5.91 Å². The Bertz CT molecular complexity index is 757. The van der Waals surface area contributed by atoms with Crippen LogP contribution in [-0.2, 0) is 0 Å². The number of aromatic nitrogens is 2. The number of amides is 1. The van der Waals surface area contributed by atoms with Crippen molar-refractivity contribution in [3.05, 3.63) is 42.4 Å². The van der Waals surface area contributed by atoms with E-state index in [9.17, 15) is 4.79 Å². The molecule has 2 aromatic rings. The molecule has 0 aliphatic carbocycles. The topological polar surface area (TPSA) is 70.6 Å². The number of ether oxygens (including phenoxy) is 1. The van der Waals surface area contributed by atoms with Crippen LogP contribution >= 0.6 is 0 Å². The molecule has 0 atom stereocenters. The fourth-order valence-corrected chi connectivity index (χ4v) is 3.05. The van der Waals surface area contributed by atoms with Crippen molar-refractivity contribution in [1.82, 2.24) is 14.9 Å². The largest absolute Gasteiger partial charge is 0.495 e. The van der Waals surface area contributed by atoms with Crippen LogP contribution in [0.2, 0.25) is 0 Å². The molecule has 3 rings (SSSR count). The van der Waals surface area contributed by atoms with Gasteiger partial charge in [0.05, 0.1) is 12.8 Å². The number of para-hydroxylation sites is 2. The normalized spacial score (nSPS) is 14.5. The standard InChI is InChI=1S/C19H25N5O2/c1-14(2)22-18-12-15(20-13-21-18)19(25)24-10-8-23(9-11-24)16-6-4-5-7-17(16)26-3/h4-7,12-14H,8-11H2,1-3H3,(H,20,21,22). The lowest BCUT2D eigenvalue weighted by atomic mass is 10.2. The molecule has 0 unspecified atom stereocenters. The van der Waals surface area contributed by atoms with E-state index in [1.807, 2.05) is 43.0 Å². The number of hydrogen-bond acceptors (Lipinski definition) is 6. The lowest BCUT2D eigenvalue weighted by Gasteiger charge is -2.36. The molecule has 1 aliphatic heterocycles. The maximum atomic E-state index is 12.8. The van der Waals surface area contributed by atoms with E-state index >= 15 is 0 Å². The fourth-order valence-electron chi connectivity index (χ4n) is 3.05. The Morgan fingerprint density at radius 2 is 1.88 bits per heavy atom. The molecule has 0 bridgehead atoms. The first-order valence-electron chi connectivity index (χ1n) is 8.84. The average molecular weight is 355 g/mol. The molecule has 2 heterocycles. The van der Waals surface area contributed by atoms with E-state index in [-0.39, 0.29) is 11.9 Å². The molecule has 0 saturated carbocycles. The summed E-state index contributed by atoms with van der Waals surface area (Å²) in [5, 5.41) is 3.20. The highest BCUT2D eigenvalue weighted by molar-refractivity contribution is 5.93. The average Bonchev–Trinajstić information content (AvgIpc) is 2.67. The van der Waals surface area contributed by atoms with E-state index in [1.54, 1.807) is 13.2 Å². The minimum Gasteiger partial charge on any atom is -0.495 e. The SMILES string of the molecule is COc1ccccc1N1CCN(C(=O)c2cc(NC(C)C)ncn2)CC1. The molecule has 7 nitrogen and oxygen atoms in total. The Labute approximate surface area is 154 Å². The molecule has 7 heteroatoms. The maximum absolute atomic E-state index is 12.8. The van der Waals surface area contributed by atoms with Gasteiger partial charge in [0.15, 0.2) is 0 Å². The summed E-state index contributed by atoms with van der Waals surface area (Å²) in [5.74, 6) is 1.47. The third kappa shape index (κ3) is 4.04. The molecule has 1 saturated heterocycles. The second-order valence-electron chi connectivity index (χ2n) is 6.54. The number of piperazine rings is 1. The number of nitrogens with zero attached hydrogens (tertiary/aromatic N) is 4. The molecule has 1 fully saturated rings. The van der Waals surface area contributed by atoms with Crippen LogP contribution in [0.1, 0.15) is 24.3 Å². The smallest absolute Gasteiger partial charge is 0.272 e. The number of rotatable bonds is 5. The molecular weight excluding hydrogens is 330 g/mol. The van der Waals surface area contributed by atoms with Crippen LogP contribution in [0, 0.1) is 0 Å². The summed E-state index contributed by atoms with van der Waals surface area (Å²) in [5.41, 5.74) is 1.49. The van der Waals surface area contributed by atoms with E-state index in [1.165, 1.54) is 6.33 Å². The van der Waals surface area contributed by atoms with E-state index in [0.717, 1.165) is 24.5 Å². The van der Waals surface area contributed by atoms with Crippen LogP contribution in [0.5, 0.6) is 5.75 Å². The molecule has 138 valence electrons. The quantitative estimate of drug-likeness (QED) is 0.887. The van der Waals surface area contributed by atoms with Crippen LogP contribution in [0.3, 0.4) is 0 Å². The Balaban J connectivity index is 1.65. The highest BCUT2D eigenvalue weighted by atomic mass is 16.5. The first kappa shape index (κ1) is 18.0. The van der Waals surface area contributed by atoms with Crippen molar-refractivity contribution >= 4 is 17.4 Å². The Kier molecular flexibility index (Phi) is 5.55. The highest BCUT2D eigenvalue weighted by Gasteiger charge is 2.24. The maximum Gasteiger partial charge on any atom is 0.272 e. The predicted octanol–water partition coefficient (Wildman–Crippen LogP) is 2.27. The first-order valence-corrected chi connectivity index (χ1v) is 8.84. The van der Waals surface area contributed by atoms with Crippen molar-refractivity contribution in [3.8, 4) is 5.75 Å². The van der Waals surface area contributed by atoms with Crippen molar-refractivity contribution in [2.24, 2.45) is 0 Å². The van der Waals surface area contributed by atoms with E-state index in [2.05, 4.69) is 20.2 Å². The summed E-state index contributed by atoms with van der Waals surface area (Å²) in [6.45, 7) is 6.87. The number of nitrogens with one attached hydrogen (secondary N) is 1. The molecule has 1 aromatic heterocycles. The van der Waals surface area contributed by atoms with Crippen LogP contribution in [0.4, 0.5) is 11.5 Å². The van der Waals surface area contributed by atoms with Crippen LogP contribution in [0.15, 0.2) is 36.7 Å². The van der Waals surface area contributed by atoms with Crippen LogP contribution in [-0.4, -0.2) is 60.1 Å². The molecule has 0 radical (unpaired) electrons. The summed E-state index contributed by atoms with van der Waals surface area (Å²) in [6.07, 6.45) is 1.43. The van der Waals surface area contributed by atoms with Crippen LogP contribution < -0.4 is 15.0 Å². The lowest BCUT2D eigenvalue weighted by molar-refractivity contribution is 0.0740. The highest BCUT2D eigenvalue weighted by Crippen LogP contribution is 2.28. The van der Waals surface area contributed by atoms with Crippen LogP contribution in [0.25, 0.3) is 0 Å².